The molecule has 1 atom stereocenters. The number of fused-ring (bicyclic) bond motifs is 1. The number of carbonyl (C=O) groups excluding carboxylic acids is 3. The predicted molar refractivity (Wildman–Crippen MR) is 87.9 cm³/mol. The summed E-state index contributed by atoms with van der Waals surface area (Å²) in [6.07, 6.45) is 0.689. The van der Waals surface area contributed by atoms with E-state index >= 15 is 0 Å². The molecule has 1 aromatic carbocycles. The second kappa shape index (κ2) is 6.94. The molecule has 23 heavy (non-hydrogen) atoms. The van der Waals surface area contributed by atoms with Crippen LogP contribution in [-0.2, 0) is 16.1 Å². The SMILES string of the molecule is CC.CC(C)c1cccc2c1CN(C1CCC(=O)NC1=O)C2=O. The van der Waals surface area contributed by atoms with E-state index in [-0.39, 0.29) is 24.1 Å². The van der Waals surface area contributed by atoms with Gasteiger partial charge in [0.2, 0.25) is 11.8 Å². The zero-order valence-corrected chi connectivity index (χ0v) is 14.2. The molecule has 0 aromatic heterocycles. The Hall–Kier alpha value is -2.17. The van der Waals surface area contributed by atoms with Crippen LogP contribution in [0.25, 0.3) is 0 Å². The monoisotopic (exact) mass is 316 g/mol. The number of nitrogens with one attached hydrogen (secondary N) is 1. The molecule has 2 heterocycles. The Morgan fingerprint density at radius 3 is 2.48 bits per heavy atom. The van der Waals surface area contributed by atoms with Gasteiger partial charge in [0.1, 0.15) is 6.04 Å². The third kappa shape index (κ3) is 3.14. The summed E-state index contributed by atoms with van der Waals surface area (Å²) in [5.74, 6) is -0.404. The van der Waals surface area contributed by atoms with Gasteiger partial charge >= 0.3 is 0 Å². The Morgan fingerprint density at radius 1 is 1.17 bits per heavy atom. The Bertz CT molecular complexity index is 637. The minimum absolute atomic E-state index is 0.109. The van der Waals surface area contributed by atoms with Crippen molar-refractivity contribution in [3.05, 3.63) is 34.9 Å². The minimum atomic E-state index is -0.539. The van der Waals surface area contributed by atoms with E-state index in [0.29, 0.717) is 24.4 Å². The number of hydrogen-bond donors (Lipinski definition) is 1. The molecule has 5 heteroatoms. The van der Waals surface area contributed by atoms with Gasteiger partial charge < -0.3 is 4.90 Å². The maximum atomic E-state index is 12.6. The zero-order valence-electron chi connectivity index (χ0n) is 14.2. The van der Waals surface area contributed by atoms with Crippen molar-refractivity contribution in [2.45, 2.75) is 59.0 Å². The number of benzene rings is 1. The quantitative estimate of drug-likeness (QED) is 0.853. The summed E-state index contributed by atoms with van der Waals surface area (Å²) in [5.41, 5.74) is 2.85. The van der Waals surface area contributed by atoms with Crippen LogP contribution in [0.15, 0.2) is 18.2 Å². The van der Waals surface area contributed by atoms with Gasteiger partial charge in [0.05, 0.1) is 0 Å². The first-order valence-corrected chi connectivity index (χ1v) is 8.25. The Morgan fingerprint density at radius 2 is 1.87 bits per heavy atom. The Balaban J connectivity index is 0.000000924. The molecule has 0 spiro atoms. The summed E-state index contributed by atoms with van der Waals surface area (Å²) in [6.45, 7) is 8.64. The molecule has 1 saturated heterocycles. The number of carbonyl (C=O) groups is 3. The number of imide groups is 1. The van der Waals surface area contributed by atoms with Crippen molar-refractivity contribution in [3.8, 4) is 0 Å². The molecule has 2 aliphatic heterocycles. The van der Waals surface area contributed by atoms with Crippen molar-refractivity contribution in [2.24, 2.45) is 0 Å². The molecule has 1 unspecified atom stereocenters. The molecule has 0 saturated carbocycles. The average Bonchev–Trinajstić information content (AvgIpc) is 2.86. The highest BCUT2D eigenvalue weighted by atomic mass is 16.2. The number of hydrogen-bond acceptors (Lipinski definition) is 3. The normalized spacial score (nSPS) is 20.1. The van der Waals surface area contributed by atoms with E-state index in [1.165, 1.54) is 0 Å². The van der Waals surface area contributed by atoms with E-state index in [2.05, 4.69) is 19.2 Å². The van der Waals surface area contributed by atoms with Crippen molar-refractivity contribution in [3.63, 3.8) is 0 Å². The van der Waals surface area contributed by atoms with Crippen LogP contribution in [0.1, 0.15) is 67.9 Å². The van der Waals surface area contributed by atoms with E-state index in [0.717, 1.165) is 11.1 Å². The van der Waals surface area contributed by atoms with Gasteiger partial charge in [-0.15, -0.1) is 0 Å². The molecule has 1 fully saturated rings. The van der Waals surface area contributed by atoms with Gasteiger partial charge in [-0.05, 0) is 29.5 Å². The summed E-state index contributed by atoms with van der Waals surface area (Å²) in [5, 5.41) is 2.32. The van der Waals surface area contributed by atoms with Crippen LogP contribution in [0, 0.1) is 0 Å². The fraction of sp³-hybridized carbons (Fsp3) is 0.500. The van der Waals surface area contributed by atoms with Crippen LogP contribution in [0.3, 0.4) is 0 Å². The van der Waals surface area contributed by atoms with Gasteiger partial charge in [0.25, 0.3) is 5.91 Å². The van der Waals surface area contributed by atoms with Crippen molar-refractivity contribution in [2.75, 3.05) is 0 Å². The first kappa shape index (κ1) is 17.2. The second-order valence-corrected chi connectivity index (χ2v) is 5.93. The summed E-state index contributed by atoms with van der Waals surface area (Å²) in [7, 11) is 0. The van der Waals surface area contributed by atoms with Crippen LogP contribution < -0.4 is 5.32 Å². The number of rotatable bonds is 2. The molecule has 3 amide bonds. The molecule has 124 valence electrons. The first-order chi connectivity index (χ1) is 11.0. The first-order valence-electron chi connectivity index (χ1n) is 8.25. The third-order valence-corrected chi connectivity index (χ3v) is 4.24. The van der Waals surface area contributed by atoms with Gasteiger partial charge in [0, 0.05) is 18.5 Å². The van der Waals surface area contributed by atoms with Crippen LogP contribution in [-0.4, -0.2) is 28.7 Å². The molecule has 0 aliphatic carbocycles. The second-order valence-electron chi connectivity index (χ2n) is 5.93. The lowest BCUT2D eigenvalue weighted by Crippen LogP contribution is -2.52. The van der Waals surface area contributed by atoms with E-state index in [4.69, 9.17) is 0 Å². The highest BCUT2D eigenvalue weighted by Gasteiger charge is 2.39. The lowest BCUT2D eigenvalue weighted by atomic mass is 9.95. The third-order valence-electron chi connectivity index (χ3n) is 4.24. The topological polar surface area (TPSA) is 66.5 Å². The molecule has 0 radical (unpaired) electrons. The molecule has 3 rings (SSSR count). The highest BCUT2D eigenvalue weighted by Crippen LogP contribution is 2.32. The van der Waals surface area contributed by atoms with Crippen molar-refractivity contribution < 1.29 is 14.4 Å². The van der Waals surface area contributed by atoms with E-state index in [9.17, 15) is 14.4 Å². The molecular formula is C18H24N2O3. The van der Waals surface area contributed by atoms with Gasteiger partial charge in [-0.25, -0.2) is 0 Å². The van der Waals surface area contributed by atoms with Crippen molar-refractivity contribution >= 4 is 17.7 Å². The van der Waals surface area contributed by atoms with E-state index in [1.54, 1.807) is 4.90 Å². The lowest BCUT2D eigenvalue weighted by molar-refractivity contribution is -0.136. The van der Waals surface area contributed by atoms with Gasteiger partial charge in [-0.1, -0.05) is 39.8 Å². The average molecular weight is 316 g/mol. The predicted octanol–water partition coefficient (Wildman–Crippen LogP) is 2.60. The summed E-state index contributed by atoms with van der Waals surface area (Å²) >= 11 is 0. The minimum Gasteiger partial charge on any atom is -0.322 e. The zero-order chi connectivity index (χ0) is 17.1. The van der Waals surface area contributed by atoms with Crippen LogP contribution in [0.5, 0.6) is 0 Å². The van der Waals surface area contributed by atoms with E-state index in [1.807, 2.05) is 32.0 Å². The molecule has 2 aliphatic rings. The Labute approximate surface area is 137 Å². The lowest BCUT2D eigenvalue weighted by Gasteiger charge is -2.29. The highest BCUT2D eigenvalue weighted by molar-refractivity contribution is 6.05. The van der Waals surface area contributed by atoms with Gasteiger partial charge in [0.15, 0.2) is 0 Å². The smallest absolute Gasteiger partial charge is 0.255 e. The number of amides is 3. The van der Waals surface area contributed by atoms with Gasteiger partial charge in [-0.3, -0.25) is 19.7 Å². The fourth-order valence-corrected chi connectivity index (χ4v) is 3.15. The molecule has 1 N–H and O–H groups in total. The number of nitrogens with zero attached hydrogens (tertiary/aromatic N) is 1. The maximum absolute atomic E-state index is 12.6. The standard InChI is InChI=1S/C16H18N2O3.C2H6/c1-9(2)10-4-3-5-11-12(10)8-18(16(11)21)13-6-7-14(19)17-15(13)20;1-2/h3-5,9,13H,6-8H2,1-2H3,(H,17,19,20);1-2H3. The van der Waals surface area contributed by atoms with Crippen molar-refractivity contribution in [1.29, 1.82) is 0 Å². The maximum Gasteiger partial charge on any atom is 0.255 e. The fourth-order valence-electron chi connectivity index (χ4n) is 3.15. The molecule has 1 aromatic rings. The van der Waals surface area contributed by atoms with Crippen LogP contribution >= 0.6 is 0 Å². The molecule has 0 bridgehead atoms. The summed E-state index contributed by atoms with van der Waals surface area (Å²) < 4.78 is 0. The summed E-state index contributed by atoms with van der Waals surface area (Å²) in [4.78, 5) is 37.4. The molecular weight excluding hydrogens is 292 g/mol. The van der Waals surface area contributed by atoms with Gasteiger partial charge in [-0.2, -0.15) is 0 Å². The Kier molecular flexibility index (Phi) is 5.19. The largest absolute Gasteiger partial charge is 0.322 e. The summed E-state index contributed by atoms with van der Waals surface area (Å²) in [6, 6.07) is 5.20. The van der Waals surface area contributed by atoms with E-state index < -0.39 is 6.04 Å². The van der Waals surface area contributed by atoms with Crippen LogP contribution in [0.2, 0.25) is 0 Å². The molecule has 5 nitrogen and oxygen atoms in total. The number of piperidine rings is 1. The van der Waals surface area contributed by atoms with Crippen LogP contribution in [0.4, 0.5) is 0 Å². The van der Waals surface area contributed by atoms with Crippen molar-refractivity contribution in [1.82, 2.24) is 10.2 Å².